The van der Waals surface area contributed by atoms with Gasteiger partial charge in [-0.15, -0.1) is 0 Å². The van der Waals surface area contributed by atoms with E-state index in [2.05, 4.69) is 85.7 Å². The second kappa shape index (κ2) is 6.79. The summed E-state index contributed by atoms with van der Waals surface area (Å²) in [5.41, 5.74) is 1.22. The van der Waals surface area contributed by atoms with Crippen LogP contribution in [0.25, 0.3) is 12.2 Å². The van der Waals surface area contributed by atoms with Crippen LogP contribution in [0.1, 0.15) is 20.3 Å². The number of benzene rings is 1. The molecule has 1 unspecified atom stereocenters. The summed E-state index contributed by atoms with van der Waals surface area (Å²) in [6, 6.07) is 6.41. The van der Waals surface area contributed by atoms with Gasteiger partial charge in [-0.05, 0) is 23.3 Å². The minimum absolute atomic E-state index is 0.582. The zero-order chi connectivity index (χ0) is 13.7. The maximum atomic E-state index is 3.92. The number of rotatable bonds is 4. The minimum atomic E-state index is 0.582. The SMILES string of the molecule is C=C(Br)/C=c1/c(N(C)C)ccc/c1=C/C(C)CC. The molecule has 0 fully saturated rings. The molecule has 0 radical (unpaired) electrons. The van der Waals surface area contributed by atoms with E-state index in [1.54, 1.807) is 0 Å². The summed E-state index contributed by atoms with van der Waals surface area (Å²) in [4.78, 5) is 2.13. The molecule has 0 saturated heterocycles. The molecule has 0 spiro atoms. The lowest BCUT2D eigenvalue weighted by Gasteiger charge is -2.14. The normalized spacial score (nSPS) is 14.7. The highest BCUT2D eigenvalue weighted by atomic mass is 79.9. The van der Waals surface area contributed by atoms with Crippen LogP contribution in [0.3, 0.4) is 0 Å². The van der Waals surface area contributed by atoms with Crippen LogP contribution < -0.4 is 15.3 Å². The van der Waals surface area contributed by atoms with E-state index in [1.165, 1.54) is 16.1 Å². The Morgan fingerprint density at radius 3 is 2.61 bits per heavy atom. The lowest BCUT2D eigenvalue weighted by Crippen LogP contribution is -2.31. The summed E-state index contributed by atoms with van der Waals surface area (Å²) in [6.07, 6.45) is 5.57. The molecule has 2 heteroatoms. The van der Waals surface area contributed by atoms with Crippen LogP contribution in [-0.2, 0) is 0 Å². The van der Waals surface area contributed by atoms with Crippen molar-refractivity contribution in [1.82, 2.24) is 0 Å². The molecule has 18 heavy (non-hydrogen) atoms. The number of halogens is 1. The maximum Gasteiger partial charge on any atom is 0.0440 e. The third-order valence-corrected chi connectivity index (χ3v) is 3.24. The fraction of sp³-hybridized carbons (Fsp3) is 0.375. The van der Waals surface area contributed by atoms with Crippen molar-refractivity contribution < 1.29 is 0 Å². The Hall–Kier alpha value is -1.02. The summed E-state index contributed by atoms with van der Waals surface area (Å²) < 4.78 is 0.899. The van der Waals surface area contributed by atoms with Crippen LogP contribution >= 0.6 is 15.9 Å². The van der Waals surface area contributed by atoms with E-state index in [-0.39, 0.29) is 0 Å². The monoisotopic (exact) mass is 307 g/mol. The van der Waals surface area contributed by atoms with Gasteiger partial charge in [0, 0.05) is 29.5 Å². The summed E-state index contributed by atoms with van der Waals surface area (Å²) in [6.45, 7) is 8.38. The van der Waals surface area contributed by atoms with Crippen LogP contribution in [0, 0.1) is 5.92 Å². The largest absolute Gasteiger partial charge is 0.377 e. The van der Waals surface area contributed by atoms with Crippen LogP contribution in [0.4, 0.5) is 5.69 Å². The van der Waals surface area contributed by atoms with E-state index >= 15 is 0 Å². The molecule has 1 atom stereocenters. The van der Waals surface area contributed by atoms with Crippen molar-refractivity contribution in [3.8, 4) is 0 Å². The lowest BCUT2D eigenvalue weighted by molar-refractivity contribution is 0.734. The van der Waals surface area contributed by atoms with Crippen LogP contribution in [0.2, 0.25) is 0 Å². The second-order valence-corrected chi connectivity index (χ2v) is 5.84. The number of nitrogens with zero attached hydrogens (tertiary/aromatic N) is 1. The summed E-state index contributed by atoms with van der Waals surface area (Å²) in [5.74, 6) is 0.582. The lowest BCUT2D eigenvalue weighted by atomic mass is 10.1. The van der Waals surface area contributed by atoms with E-state index in [0.29, 0.717) is 5.92 Å². The summed E-state index contributed by atoms with van der Waals surface area (Å²) in [5, 5.41) is 2.50. The Balaban J connectivity index is 3.58. The first-order chi connectivity index (χ1) is 8.45. The van der Waals surface area contributed by atoms with E-state index in [9.17, 15) is 0 Å². The molecule has 0 aliphatic rings. The second-order valence-electron chi connectivity index (χ2n) is 4.82. The maximum absolute atomic E-state index is 3.92. The highest BCUT2D eigenvalue weighted by molar-refractivity contribution is 9.12. The number of hydrogen-bond acceptors (Lipinski definition) is 1. The molecule has 0 aliphatic carbocycles. The average Bonchev–Trinajstić information content (AvgIpc) is 2.30. The summed E-state index contributed by atoms with van der Waals surface area (Å²) >= 11 is 3.43. The standard InChI is InChI=1S/C16H22BrN/c1-6-12(2)10-14-8-7-9-16(18(4)5)15(14)11-13(3)17/h7-12H,3,6H2,1-2,4-5H3/b14-10-,15-11+. The Kier molecular flexibility index (Phi) is 5.67. The third kappa shape index (κ3) is 4.02. The molecule has 98 valence electrons. The van der Waals surface area contributed by atoms with Gasteiger partial charge in [-0.2, -0.15) is 0 Å². The molecule has 0 amide bonds. The number of anilines is 1. The molecule has 0 saturated carbocycles. The molecular weight excluding hydrogens is 286 g/mol. The molecule has 1 nitrogen and oxygen atoms in total. The smallest absolute Gasteiger partial charge is 0.0440 e. The van der Waals surface area contributed by atoms with Gasteiger partial charge in [0.05, 0.1) is 0 Å². The Labute approximate surface area is 119 Å². The Morgan fingerprint density at radius 2 is 2.11 bits per heavy atom. The van der Waals surface area contributed by atoms with Gasteiger partial charge in [-0.1, -0.05) is 61.0 Å². The number of allylic oxidation sites excluding steroid dienone is 1. The van der Waals surface area contributed by atoms with Gasteiger partial charge in [0.15, 0.2) is 0 Å². The van der Waals surface area contributed by atoms with Gasteiger partial charge in [-0.25, -0.2) is 0 Å². The van der Waals surface area contributed by atoms with Crippen molar-refractivity contribution >= 4 is 33.8 Å². The molecule has 1 aromatic carbocycles. The number of hydrogen-bond donors (Lipinski definition) is 0. The van der Waals surface area contributed by atoms with Crippen molar-refractivity contribution in [3.05, 3.63) is 39.7 Å². The van der Waals surface area contributed by atoms with E-state index in [4.69, 9.17) is 0 Å². The van der Waals surface area contributed by atoms with Gasteiger partial charge in [0.2, 0.25) is 0 Å². The molecular formula is C16H22BrN. The minimum Gasteiger partial charge on any atom is -0.377 e. The van der Waals surface area contributed by atoms with Crippen molar-refractivity contribution in [2.45, 2.75) is 20.3 Å². The zero-order valence-corrected chi connectivity index (χ0v) is 13.3. The van der Waals surface area contributed by atoms with E-state index in [1.807, 2.05) is 0 Å². The highest BCUT2D eigenvalue weighted by Crippen LogP contribution is 2.06. The molecule has 0 bridgehead atoms. The van der Waals surface area contributed by atoms with Crippen molar-refractivity contribution in [3.63, 3.8) is 0 Å². The fourth-order valence-electron chi connectivity index (χ4n) is 1.84. The zero-order valence-electron chi connectivity index (χ0n) is 11.7. The predicted molar refractivity (Wildman–Crippen MR) is 86.5 cm³/mol. The third-order valence-electron chi connectivity index (χ3n) is 3.01. The molecule has 0 aromatic heterocycles. The Morgan fingerprint density at radius 1 is 1.44 bits per heavy atom. The summed E-state index contributed by atoms with van der Waals surface area (Å²) in [7, 11) is 4.13. The first kappa shape index (κ1) is 15.0. The first-order valence-electron chi connectivity index (χ1n) is 6.30. The highest BCUT2D eigenvalue weighted by Gasteiger charge is 2.00. The van der Waals surface area contributed by atoms with Crippen LogP contribution in [-0.4, -0.2) is 14.1 Å². The van der Waals surface area contributed by atoms with Crippen LogP contribution in [0.15, 0.2) is 29.3 Å². The van der Waals surface area contributed by atoms with Gasteiger partial charge < -0.3 is 4.90 Å². The first-order valence-corrected chi connectivity index (χ1v) is 7.09. The topological polar surface area (TPSA) is 3.24 Å². The van der Waals surface area contributed by atoms with E-state index < -0.39 is 0 Å². The van der Waals surface area contributed by atoms with Crippen molar-refractivity contribution in [2.24, 2.45) is 5.92 Å². The average molecular weight is 308 g/mol. The van der Waals surface area contributed by atoms with Gasteiger partial charge in [0.1, 0.15) is 0 Å². The Bertz CT molecular complexity index is 529. The van der Waals surface area contributed by atoms with Gasteiger partial charge >= 0.3 is 0 Å². The van der Waals surface area contributed by atoms with Crippen LogP contribution in [0.5, 0.6) is 0 Å². The predicted octanol–water partition coefficient (Wildman–Crippen LogP) is 3.27. The molecule has 0 aliphatic heterocycles. The van der Waals surface area contributed by atoms with Gasteiger partial charge in [-0.3, -0.25) is 0 Å². The van der Waals surface area contributed by atoms with Crippen molar-refractivity contribution in [1.29, 1.82) is 0 Å². The van der Waals surface area contributed by atoms with Crippen molar-refractivity contribution in [2.75, 3.05) is 19.0 Å². The van der Waals surface area contributed by atoms with Gasteiger partial charge in [0.25, 0.3) is 0 Å². The fourth-order valence-corrected chi connectivity index (χ4v) is 2.07. The molecule has 1 rings (SSSR count). The molecule has 0 heterocycles. The quantitative estimate of drug-likeness (QED) is 0.825. The molecule has 1 aromatic rings. The molecule has 0 N–H and O–H groups in total. The van der Waals surface area contributed by atoms with E-state index in [0.717, 1.165) is 10.9 Å².